The molecule has 180 valence electrons. The molecule has 1 N–H and O–H groups in total. The van der Waals surface area contributed by atoms with Crippen LogP contribution in [-0.2, 0) is 20.6 Å². The van der Waals surface area contributed by atoms with Crippen LogP contribution < -0.4 is 9.62 Å². The summed E-state index contributed by atoms with van der Waals surface area (Å²) in [4.78, 5) is 12.8. The van der Waals surface area contributed by atoms with E-state index in [1.54, 1.807) is 23.9 Å². The van der Waals surface area contributed by atoms with Crippen LogP contribution in [0.2, 0.25) is 5.02 Å². The summed E-state index contributed by atoms with van der Waals surface area (Å²) in [6, 6.07) is 21.6. The number of nitrogens with one attached hydrogen (secondary N) is 1. The van der Waals surface area contributed by atoms with E-state index in [1.807, 2.05) is 38.1 Å². The van der Waals surface area contributed by atoms with Crippen LogP contribution in [0.1, 0.15) is 23.1 Å². The second kappa shape index (κ2) is 12.3. The van der Waals surface area contributed by atoms with Gasteiger partial charge in [-0.05, 0) is 79.1 Å². The van der Waals surface area contributed by atoms with Crippen LogP contribution in [0.15, 0.2) is 77.7 Å². The average molecular weight is 517 g/mol. The van der Waals surface area contributed by atoms with E-state index in [4.69, 9.17) is 11.6 Å². The van der Waals surface area contributed by atoms with Gasteiger partial charge in [0.05, 0.1) is 10.6 Å². The van der Waals surface area contributed by atoms with E-state index in [2.05, 4.69) is 17.4 Å². The number of nitrogens with zero attached hydrogens (tertiary/aromatic N) is 1. The number of hydrogen-bond acceptors (Lipinski definition) is 4. The zero-order valence-electron chi connectivity index (χ0n) is 19.3. The quantitative estimate of drug-likeness (QED) is 0.337. The van der Waals surface area contributed by atoms with Crippen LogP contribution in [-0.4, -0.2) is 33.2 Å². The first-order valence-corrected chi connectivity index (χ1v) is 14.0. The van der Waals surface area contributed by atoms with Gasteiger partial charge in [0.2, 0.25) is 5.91 Å². The molecule has 3 aromatic rings. The number of carbonyl (C=O) groups excluding carboxylic acids is 1. The summed E-state index contributed by atoms with van der Waals surface area (Å²) >= 11 is 7.74. The maximum Gasteiger partial charge on any atom is 0.264 e. The highest BCUT2D eigenvalue weighted by Crippen LogP contribution is 2.26. The van der Waals surface area contributed by atoms with E-state index < -0.39 is 10.0 Å². The molecule has 3 rings (SSSR count). The summed E-state index contributed by atoms with van der Waals surface area (Å²) in [6.07, 6.45) is 0.802. The molecular formula is C26H29ClN2O3S2. The number of halogens is 1. The SMILES string of the molecule is Cc1ccc(N(CC(=O)NCCCSCc2ccccc2)S(=O)(=O)c2ccc(Cl)cc2)cc1C. The molecule has 5 nitrogen and oxygen atoms in total. The summed E-state index contributed by atoms with van der Waals surface area (Å²) in [6.45, 7) is 4.06. The minimum atomic E-state index is -3.96. The largest absolute Gasteiger partial charge is 0.354 e. The Labute approximate surface area is 211 Å². The normalized spacial score (nSPS) is 11.3. The average Bonchev–Trinajstić information content (AvgIpc) is 2.82. The first-order chi connectivity index (χ1) is 16.3. The van der Waals surface area contributed by atoms with Crippen LogP contribution in [0.25, 0.3) is 0 Å². The number of amides is 1. The lowest BCUT2D eigenvalue weighted by molar-refractivity contribution is -0.119. The highest BCUT2D eigenvalue weighted by Gasteiger charge is 2.27. The summed E-state index contributed by atoms with van der Waals surface area (Å²) in [7, 11) is -3.96. The molecule has 0 spiro atoms. The Kier molecular flexibility index (Phi) is 9.45. The van der Waals surface area contributed by atoms with Gasteiger partial charge in [-0.25, -0.2) is 8.42 Å². The minimum absolute atomic E-state index is 0.0836. The monoisotopic (exact) mass is 516 g/mol. The van der Waals surface area contributed by atoms with E-state index in [9.17, 15) is 13.2 Å². The maximum absolute atomic E-state index is 13.4. The predicted molar refractivity (Wildman–Crippen MR) is 142 cm³/mol. The van der Waals surface area contributed by atoms with Gasteiger partial charge in [-0.3, -0.25) is 9.10 Å². The molecule has 8 heteroatoms. The summed E-state index contributed by atoms with van der Waals surface area (Å²) in [5, 5.41) is 3.30. The number of sulfonamides is 1. The van der Waals surface area contributed by atoms with Gasteiger partial charge in [0.15, 0.2) is 0 Å². The Hall–Kier alpha value is -2.48. The van der Waals surface area contributed by atoms with Gasteiger partial charge < -0.3 is 5.32 Å². The molecule has 0 aliphatic rings. The Morgan fingerprint density at radius 1 is 0.971 bits per heavy atom. The van der Waals surface area contributed by atoms with E-state index in [0.29, 0.717) is 17.3 Å². The van der Waals surface area contributed by atoms with E-state index in [-0.39, 0.29) is 17.3 Å². The Bertz CT molecular complexity index is 1200. The van der Waals surface area contributed by atoms with Gasteiger partial charge >= 0.3 is 0 Å². The number of benzene rings is 3. The van der Waals surface area contributed by atoms with Crippen LogP contribution in [0.3, 0.4) is 0 Å². The standard InChI is InChI=1S/C26H29ClN2O3S2/c1-20-9-12-24(17-21(20)2)29(34(31,32)25-13-10-23(27)11-14-25)18-26(30)28-15-6-16-33-19-22-7-4-3-5-8-22/h3-5,7-14,17H,6,15-16,18-19H2,1-2H3,(H,28,30). The Morgan fingerprint density at radius 2 is 1.68 bits per heavy atom. The van der Waals surface area contributed by atoms with Crippen LogP contribution in [0, 0.1) is 13.8 Å². The number of carbonyl (C=O) groups is 1. The first-order valence-electron chi connectivity index (χ1n) is 11.0. The van der Waals surface area contributed by atoms with Crippen molar-refractivity contribution in [3.63, 3.8) is 0 Å². The van der Waals surface area contributed by atoms with Gasteiger partial charge in [-0.2, -0.15) is 11.8 Å². The van der Waals surface area contributed by atoms with Crippen molar-refractivity contribution in [3.05, 3.63) is 94.5 Å². The third-order valence-corrected chi connectivity index (χ3v) is 8.52. The molecule has 0 bridgehead atoms. The Morgan fingerprint density at radius 3 is 2.35 bits per heavy atom. The highest BCUT2D eigenvalue weighted by molar-refractivity contribution is 7.98. The van der Waals surface area contributed by atoms with Crippen molar-refractivity contribution in [2.45, 2.75) is 30.9 Å². The number of hydrogen-bond donors (Lipinski definition) is 1. The van der Waals surface area contributed by atoms with E-state index in [1.165, 1.54) is 29.8 Å². The number of anilines is 1. The third-order valence-electron chi connectivity index (χ3n) is 5.37. The molecule has 0 aliphatic heterocycles. The molecule has 0 unspecified atom stereocenters. The molecule has 0 saturated heterocycles. The second-order valence-electron chi connectivity index (χ2n) is 7.98. The van der Waals surface area contributed by atoms with Crippen LogP contribution in [0.5, 0.6) is 0 Å². The topological polar surface area (TPSA) is 66.5 Å². The molecule has 0 aliphatic carbocycles. The molecule has 0 saturated carbocycles. The zero-order chi connectivity index (χ0) is 24.6. The fraction of sp³-hybridized carbons (Fsp3) is 0.269. The van der Waals surface area contributed by atoms with Crippen molar-refractivity contribution in [1.29, 1.82) is 0 Å². The fourth-order valence-corrected chi connectivity index (χ4v) is 5.74. The molecule has 1 amide bonds. The van der Waals surface area contributed by atoms with Crippen molar-refractivity contribution < 1.29 is 13.2 Å². The summed E-state index contributed by atoms with van der Waals surface area (Å²) < 4.78 is 28.0. The lowest BCUT2D eigenvalue weighted by atomic mass is 10.1. The first kappa shape index (κ1) is 26.1. The van der Waals surface area contributed by atoms with Gasteiger partial charge in [-0.1, -0.05) is 48.0 Å². The molecule has 34 heavy (non-hydrogen) atoms. The lowest BCUT2D eigenvalue weighted by Crippen LogP contribution is -2.41. The van der Waals surface area contributed by atoms with Gasteiger partial charge in [0, 0.05) is 17.3 Å². The van der Waals surface area contributed by atoms with Crippen molar-refractivity contribution in [1.82, 2.24) is 5.32 Å². The summed E-state index contributed by atoms with van der Waals surface area (Å²) in [5.74, 6) is 1.48. The molecule has 0 aromatic heterocycles. The molecule has 0 radical (unpaired) electrons. The smallest absolute Gasteiger partial charge is 0.264 e. The van der Waals surface area contributed by atoms with E-state index >= 15 is 0 Å². The van der Waals surface area contributed by atoms with Gasteiger partial charge in [0.1, 0.15) is 6.54 Å². The van der Waals surface area contributed by atoms with Crippen molar-refractivity contribution in [2.75, 3.05) is 23.1 Å². The molecule has 0 atom stereocenters. The summed E-state index contributed by atoms with van der Waals surface area (Å²) in [5.41, 5.74) is 3.72. The fourth-order valence-electron chi connectivity index (χ4n) is 3.28. The molecular weight excluding hydrogens is 488 g/mol. The molecule has 3 aromatic carbocycles. The Balaban J connectivity index is 1.63. The second-order valence-corrected chi connectivity index (χ2v) is 11.4. The lowest BCUT2D eigenvalue weighted by Gasteiger charge is -2.25. The zero-order valence-corrected chi connectivity index (χ0v) is 21.7. The van der Waals surface area contributed by atoms with Crippen molar-refractivity contribution in [3.8, 4) is 0 Å². The minimum Gasteiger partial charge on any atom is -0.354 e. The predicted octanol–water partition coefficient (Wildman–Crippen LogP) is 5.59. The van der Waals surface area contributed by atoms with Crippen LogP contribution in [0.4, 0.5) is 5.69 Å². The number of aryl methyl sites for hydroxylation is 2. The van der Waals surface area contributed by atoms with Crippen molar-refractivity contribution in [2.24, 2.45) is 0 Å². The highest BCUT2D eigenvalue weighted by atomic mass is 35.5. The van der Waals surface area contributed by atoms with Crippen molar-refractivity contribution >= 4 is 45.0 Å². The number of rotatable bonds is 11. The third kappa shape index (κ3) is 7.26. The molecule has 0 heterocycles. The van der Waals surface area contributed by atoms with Gasteiger partial charge in [-0.15, -0.1) is 0 Å². The maximum atomic E-state index is 13.4. The van der Waals surface area contributed by atoms with Crippen LogP contribution >= 0.6 is 23.4 Å². The van der Waals surface area contributed by atoms with E-state index in [0.717, 1.165) is 33.4 Å². The van der Waals surface area contributed by atoms with Gasteiger partial charge in [0.25, 0.3) is 10.0 Å². The molecule has 0 fully saturated rings. The number of thioether (sulfide) groups is 1.